The molecule has 19 heavy (non-hydrogen) atoms. The third-order valence-electron chi connectivity index (χ3n) is 3.38. The second-order valence-corrected chi connectivity index (χ2v) is 5.33. The van der Waals surface area contributed by atoms with Crippen molar-refractivity contribution >= 4 is 16.9 Å². The normalized spacial score (nSPS) is 11.8. The number of aliphatic hydroxyl groups is 1. The highest BCUT2D eigenvalue weighted by molar-refractivity contribution is 5.84. The second kappa shape index (κ2) is 5.05. The van der Waals surface area contributed by atoms with Gasteiger partial charge in [-0.2, -0.15) is 0 Å². The van der Waals surface area contributed by atoms with Crippen molar-refractivity contribution in [2.45, 2.75) is 27.0 Å². The highest BCUT2D eigenvalue weighted by Crippen LogP contribution is 2.26. The Kier molecular flexibility index (Phi) is 3.62. The summed E-state index contributed by atoms with van der Waals surface area (Å²) in [4.78, 5) is 11.7. The number of aromatic nitrogens is 1. The van der Waals surface area contributed by atoms with Crippen LogP contribution in [0.2, 0.25) is 0 Å². The van der Waals surface area contributed by atoms with Crippen LogP contribution in [0.5, 0.6) is 0 Å². The molecule has 0 bridgehead atoms. The Morgan fingerprint density at radius 2 is 2.11 bits per heavy atom. The van der Waals surface area contributed by atoms with Crippen LogP contribution in [0.25, 0.3) is 10.9 Å². The summed E-state index contributed by atoms with van der Waals surface area (Å²) < 4.78 is 6.85. The second-order valence-electron chi connectivity index (χ2n) is 5.33. The van der Waals surface area contributed by atoms with Crippen LogP contribution in [0.1, 0.15) is 19.4 Å². The van der Waals surface area contributed by atoms with E-state index in [1.54, 1.807) is 0 Å². The zero-order chi connectivity index (χ0) is 14.0. The molecule has 0 aliphatic rings. The number of carbonyl (C=O) groups is 1. The minimum Gasteiger partial charge on any atom is -0.469 e. The van der Waals surface area contributed by atoms with Crippen molar-refractivity contribution in [3.63, 3.8) is 0 Å². The summed E-state index contributed by atoms with van der Waals surface area (Å²) in [6, 6.07) is 7.77. The lowest BCUT2D eigenvalue weighted by Gasteiger charge is -2.22. The van der Waals surface area contributed by atoms with E-state index >= 15 is 0 Å². The van der Waals surface area contributed by atoms with Crippen LogP contribution in [0, 0.1) is 5.41 Å². The van der Waals surface area contributed by atoms with Crippen molar-refractivity contribution in [2.75, 3.05) is 7.11 Å². The van der Waals surface area contributed by atoms with Gasteiger partial charge in [0, 0.05) is 23.6 Å². The molecule has 0 unspecified atom stereocenters. The lowest BCUT2D eigenvalue weighted by molar-refractivity contribution is -0.151. The van der Waals surface area contributed by atoms with E-state index in [-0.39, 0.29) is 12.6 Å². The van der Waals surface area contributed by atoms with Gasteiger partial charge in [-0.25, -0.2) is 0 Å². The van der Waals surface area contributed by atoms with E-state index in [0.29, 0.717) is 6.54 Å². The quantitative estimate of drug-likeness (QED) is 0.859. The van der Waals surface area contributed by atoms with Gasteiger partial charge in [-0.3, -0.25) is 4.79 Å². The molecule has 2 aromatic rings. The zero-order valence-electron chi connectivity index (χ0n) is 11.5. The zero-order valence-corrected chi connectivity index (χ0v) is 11.5. The number of hydrogen-bond donors (Lipinski definition) is 1. The number of fused-ring (bicyclic) bond motifs is 1. The Balaban J connectivity index is 2.40. The third kappa shape index (κ3) is 2.49. The van der Waals surface area contributed by atoms with Gasteiger partial charge in [0.15, 0.2) is 0 Å². The summed E-state index contributed by atoms with van der Waals surface area (Å²) in [5.41, 5.74) is 1.33. The van der Waals surface area contributed by atoms with Crippen molar-refractivity contribution in [1.82, 2.24) is 4.57 Å². The van der Waals surface area contributed by atoms with Gasteiger partial charge in [0.25, 0.3) is 0 Å². The molecule has 0 atom stereocenters. The molecular formula is C15H19NO3. The van der Waals surface area contributed by atoms with Crippen molar-refractivity contribution in [3.8, 4) is 0 Å². The Morgan fingerprint density at radius 1 is 1.37 bits per heavy atom. The molecule has 0 aliphatic heterocycles. The minimum absolute atomic E-state index is 0.0156. The van der Waals surface area contributed by atoms with Crippen molar-refractivity contribution in [3.05, 3.63) is 36.0 Å². The summed E-state index contributed by atoms with van der Waals surface area (Å²) >= 11 is 0. The van der Waals surface area contributed by atoms with Crippen LogP contribution in [0.15, 0.2) is 30.5 Å². The number of carbonyl (C=O) groups excluding carboxylic acids is 1. The molecule has 0 amide bonds. The van der Waals surface area contributed by atoms with E-state index < -0.39 is 5.41 Å². The Hall–Kier alpha value is -1.81. The van der Waals surface area contributed by atoms with E-state index in [1.807, 2.05) is 48.9 Å². The molecule has 102 valence electrons. The molecule has 1 heterocycles. The lowest BCUT2D eigenvalue weighted by Crippen LogP contribution is -2.30. The number of benzene rings is 1. The maximum absolute atomic E-state index is 11.7. The van der Waals surface area contributed by atoms with Gasteiger partial charge < -0.3 is 14.4 Å². The van der Waals surface area contributed by atoms with Gasteiger partial charge in [-0.05, 0) is 31.5 Å². The number of hydrogen-bond acceptors (Lipinski definition) is 3. The SMILES string of the molecule is COC(=O)C(C)(C)Cn1ccc2c(CO)cccc21. The first-order valence-electron chi connectivity index (χ1n) is 6.25. The number of ether oxygens (including phenoxy) is 1. The molecular weight excluding hydrogens is 242 g/mol. The van der Waals surface area contributed by atoms with E-state index in [9.17, 15) is 9.90 Å². The highest BCUT2D eigenvalue weighted by Gasteiger charge is 2.29. The van der Waals surface area contributed by atoms with Gasteiger partial charge in [0.05, 0.1) is 19.1 Å². The van der Waals surface area contributed by atoms with E-state index in [2.05, 4.69) is 0 Å². The maximum Gasteiger partial charge on any atom is 0.313 e. The fourth-order valence-electron chi connectivity index (χ4n) is 2.33. The molecule has 0 aliphatic carbocycles. The number of esters is 1. The largest absolute Gasteiger partial charge is 0.469 e. The van der Waals surface area contributed by atoms with Crippen LogP contribution < -0.4 is 0 Å². The maximum atomic E-state index is 11.7. The summed E-state index contributed by atoms with van der Waals surface area (Å²) in [5.74, 6) is -0.229. The average Bonchev–Trinajstić information content (AvgIpc) is 2.80. The van der Waals surface area contributed by atoms with Gasteiger partial charge in [0.1, 0.15) is 0 Å². The molecule has 4 nitrogen and oxygen atoms in total. The molecule has 0 saturated carbocycles. The Labute approximate surface area is 112 Å². The van der Waals surface area contributed by atoms with E-state index in [4.69, 9.17) is 4.74 Å². The smallest absolute Gasteiger partial charge is 0.313 e. The molecule has 1 aromatic heterocycles. The summed E-state index contributed by atoms with van der Waals surface area (Å²) in [6.07, 6.45) is 1.94. The fraction of sp³-hybridized carbons (Fsp3) is 0.400. The first kappa shape index (κ1) is 13.6. The van der Waals surface area contributed by atoms with Crippen LogP contribution in [-0.2, 0) is 22.7 Å². The molecule has 2 rings (SSSR count). The topological polar surface area (TPSA) is 51.5 Å². The molecule has 0 radical (unpaired) electrons. The van der Waals surface area contributed by atoms with E-state index in [0.717, 1.165) is 16.5 Å². The van der Waals surface area contributed by atoms with Gasteiger partial charge in [-0.15, -0.1) is 0 Å². The molecule has 0 fully saturated rings. The Bertz CT molecular complexity index is 598. The highest BCUT2D eigenvalue weighted by atomic mass is 16.5. The predicted octanol–water partition coefficient (Wildman–Crippen LogP) is 2.33. The average molecular weight is 261 g/mol. The number of aliphatic hydroxyl groups excluding tert-OH is 1. The van der Waals surface area contributed by atoms with Gasteiger partial charge in [0.2, 0.25) is 0 Å². The molecule has 1 aromatic carbocycles. The summed E-state index contributed by atoms with van der Waals surface area (Å²) in [5, 5.41) is 10.3. The monoisotopic (exact) mass is 261 g/mol. The van der Waals surface area contributed by atoms with Gasteiger partial charge in [-0.1, -0.05) is 12.1 Å². The summed E-state index contributed by atoms with van der Waals surface area (Å²) in [6.45, 7) is 4.28. The molecule has 0 spiro atoms. The molecule has 4 heteroatoms. The van der Waals surface area contributed by atoms with Crippen LogP contribution in [0.4, 0.5) is 0 Å². The predicted molar refractivity (Wildman–Crippen MR) is 73.7 cm³/mol. The minimum atomic E-state index is -0.587. The molecule has 0 saturated heterocycles. The summed E-state index contributed by atoms with van der Waals surface area (Å²) in [7, 11) is 1.40. The van der Waals surface area contributed by atoms with Crippen LogP contribution in [0.3, 0.4) is 0 Å². The molecule has 1 N–H and O–H groups in total. The third-order valence-corrected chi connectivity index (χ3v) is 3.38. The van der Waals surface area contributed by atoms with E-state index in [1.165, 1.54) is 7.11 Å². The van der Waals surface area contributed by atoms with Crippen molar-refractivity contribution in [2.24, 2.45) is 5.41 Å². The van der Waals surface area contributed by atoms with Gasteiger partial charge >= 0.3 is 5.97 Å². The van der Waals surface area contributed by atoms with Crippen molar-refractivity contribution < 1.29 is 14.6 Å². The first-order chi connectivity index (χ1) is 8.99. The Morgan fingerprint density at radius 3 is 2.74 bits per heavy atom. The van der Waals surface area contributed by atoms with Crippen LogP contribution in [-0.4, -0.2) is 22.8 Å². The lowest BCUT2D eigenvalue weighted by atomic mass is 9.93. The van der Waals surface area contributed by atoms with Crippen LogP contribution >= 0.6 is 0 Å². The number of methoxy groups -OCH3 is 1. The van der Waals surface area contributed by atoms with Crippen molar-refractivity contribution in [1.29, 1.82) is 0 Å². The number of rotatable bonds is 4. The fourth-order valence-corrected chi connectivity index (χ4v) is 2.33. The first-order valence-corrected chi connectivity index (χ1v) is 6.25. The number of nitrogens with zero attached hydrogens (tertiary/aromatic N) is 1. The standard InChI is InChI=1S/C15H19NO3/c1-15(2,14(18)19-3)10-16-8-7-12-11(9-17)5-4-6-13(12)16/h4-8,17H,9-10H2,1-3H3.